The zero-order valence-electron chi connectivity index (χ0n) is 8.87. The summed E-state index contributed by atoms with van der Waals surface area (Å²) < 4.78 is 1.70. The predicted octanol–water partition coefficient (Wildman–Crippen LogP) is 1.66. The Hall–Kier alpha value is -0.778. The molecule has 0 atom stereocenters. The summed E-state index contributed by atoms with van der Waals surface area (Å²) in [6.45, 7) is 6.68. The second-order valence-electron chi connectivity index (χ2n) is 4.74. The molecule has 0 amide bonds. The lowest BCUT2D eigenvalue weighted by Gasteiger charge is -2.15. The highest BCUT2D eigenvalue weighted by atomic mass is 27.1. The van der Waals surface area contributed by atoms with E-state index in [0.29, 0.717) is 9.84 Å². The number of hydrogen-bond acceptors (Lipinski definition) is 1. The van der Waals surface area contributed by atoms with Gasteiger partial charge in [0.1, 0.15) is 0 Å². The molecule has 1 aromatic carbocycles. The van der Waals surface area contributed by atoms with Crippen molar-refractivity contribution in [3.05, 3.63) is 29.8 Å². The summed E-state index contributed by atoms with van der Waals surface area (Å²) in [6.07, 6.45) is 0. The molecule has 74 valence electrons. The Kier molecular flexibility index (Phi) is 3.36. The van der Waals surface area contributed by atoms with Gasteiger partial charge in [-0.05, 0) is 12.1 Å². The van der Waals surface area contributed by atoms with Gasteiger partial charge in [0.25, 0.3) is 15.2 Å². The van der Waals surface area contributed by atoms with Gasteiger partial charge in [-0.25, -0.2) is 4.79 Å². The molecule has 14 heavy (non-hydrogen) atoms. The van der Waals surface area contributed by atoms with Crippen molar-refractivity contribution < 1.29 is 9.90 Å². The Bertz CT molecular complexity index is 322. The maximum absolute atomic E-state index is 10.6. The summed E-state index contributed by atoms with van der Waals surface area (Å²) >= 11 is -0.307. The molecular weight excluding hydrogens is 191 g/mol. The molecule has 0 aliphatic heterocycles. The van der Waals surface area contributed by atoms with Crippen LogP contribution in [-0.4, -0.2) is 26.3 Å². The molecule has 0 fully saturated rings. The summed E-state index contributed by atoms with van der Waals surface area (Å²) in [5.74, 6) is -0.853. The summed E-state index contributed by atoms with van der Waals surface area (Å²) in [4.78, 5) is 10.6. The minimum Gasteiger partial charge on any atom is -0.478 e. The van der Waals surface area contributed by atoms with Crippen molar-refractivity contribution in [1.82, 2.24) is 0 Å². The highest BCUT2D eigenvalue weighted by molar-refractivity contribution is 6.56. The first-order chi connectivity index (χ1) is 6.38. The monoisotopic (exact) mass is 206 g/mol. The van der Waals surface area contributed by atoms with Crippen LogP contribution in [0.25, 0.3) is 0 Å². The SMILES string of the molecule is C[C](C)(C)[AlH][c]1ccc(C(=O)O)cc1. The summed E-state index contributed by atoms with van der Waals surface area (Å²) in [5, 5.41) is 8.72. The van der Waals surface area contributed by atoms with E-state index in [-0.39, 0.29) is 15.2 Å². The van der Waals surface area contributed by atoms with E-state index in [1.165, 1.54) is 4.43 Å². The molecule has 0 saturated carbocycles. The fourth-order valence-electron chi connectivity index (χ4n) is 1.38. The van der Waals surface area contributed by atoms with Crippen molar-refractivity contribution in [3.63, 3.8) is 0 Å². The molecule has 0 aromatic heterocycles. The first-order valence-electron chi connectivity index (χ1n) is 4.71. The molecule has 0 aliphatic carbocycles. The Labute approximate surface area is 90.7 Å². The topological polar surface area (TPSA) is 37.3 Å². The highest BCUT2D eigenvalue weighted by Crippen LogP contribution is 2.19. The molecular formula is C11H15AlO2. The standard InChI is InChI=1S/C7H5O2.C4H9.Al.H/c8-7(9)6-4-2-1-3-5-6;1-4(2)3;;/h2-5H,(H,8,9);1-3H3;;. The number of rotatable bonds is 2. The van der Waals surface area contributed by atoms with Crippen LogP contribution in [0.3, 0.4) is 0 Å². The Morgan fingerprint density at radius 1 is 1.21 bits per heavy atom. The second-order valence-corrected chi connectivity index (χ2v) is 8.03. The van der Waals surface area contributed by atoms with E-state index in [0.717, 1.165) is 0 Å². The zero-order valence-corrected chi connectivity index (χ0v) is 10.3. The van der Waals surface area contributed by atoms with Gasteiger partial charge in [-0.3, -0.25) is 0 Å². The normalized spacial score (nSPS) is 11.1. The number of carboxylic acids is 1. The fourth-order valence-corrected chi connectivity index (χ4v) is 3.07. The van der Waals surface area contributed by atoms with Crippen LogP contribution < -0.4 is 4.43 Å². The lowest BCUT2D eigenvalue weighted by molar-refractivity contribution is 0.0697. The van der Waals surface area contributed by atoms with Gasteiger partial charge in [-0.2, -0.15) is 0 Å². The molecule has 0 radical (unpaired) electrons. The minimum atomic E-state index is -0.853. The van der Waals surface area contributed by atoms with E-state index >= 15 is 0 Å². The third kappa shape index (κ3) is 3.53. The van der Waals surface area contributed by atoms with Crippen molar-refractivity contribution >= 4 is 25.6 Å². The summed E-state index contributed by atoms with van der Waals surface area (Å²) in [6, 6.07) is 7.27. The van der Waals surface area contributed by atoms with Gasteiger partial charge in [0.05, 0.1) is 5.56 Å². The van der Waals surface area contributed by atoms with Crippen molar-refractivity contribution in [3.8, 4) is 0 Å². The van der Waals surface area contributed by atoms with Crippen molar-refractivity contribution in [1.29, 1.82) is 0 Å². The maximum Gasteiger partial charge on any atom is 0.335 e. The van der Waals surface area contributed by atoms with Crippen LogP contribution in [0.2, 0.25) is 4.28 Å². The maximum atomic E-state index is 10.6. The van der Waals surface area contributed by atoms with Crippen LogP contribution in [0.5, 0.6) is 0 Å². The van der Waals surface area contributed by atoms with Gasteiger partial charge in [0.2, 0.25) is 0 Å². The van der Waals surface area contributed by atoms with E-state index in [4.69, 9.17) is 5.11 Å². The predicted molar refractivity (Wildman–Crippen MR) is 59.9 cm³/mol. The molecule has 0 bridgehead atoms. The van der Waals surface area contributed by atoms with Gasteiger partial charge in [0.15, 0.2) is 0 Å². The van der Waals surface area contributed by atoms with Gasteiger partial charge < -0.3 is 5.11 Å². The quantitative estimate of drug-likeness (QED) is 0.747. The number of aromatic carboxylic acids is 1. The molecule has 0 heterocycles. The second kappa shape index (κ2) is 4.17. The molecule has 1 N–H and O–H groups in total. The Morgan fingerprint density at radius 3 is 2.07 bits per heavy atom. The third-order valence-corrected chi connectivity index (χ3v) is 3.88. The van der Waals surface area contributed by atoms with E-state index in [1.54, 1.807) is 12.1 Å². The van der Waals surface area contributed by atoms with E-state index < -0.39 is 5.97 Å². The van der Waals surface area contributed by atoms with Gasteiger partial charge in [-0.15, -0.1) is 4.43 Å². The summed E-state index contributed by atoms with van der Waals surface area (Å²) in [5.41, 5.74) is 0.372. The zero-order chi connectivity index (χ0) is 10.8. The third-order valence-electron chi connectivity index (χ3n) is 1.94. The highest BCUT2D eigenvalue weighted by Gasteiger charge is 2.15. The fraction of sp³-hybridized carbons (Fsp3) is 0.364. The van der Waals surface area contributed by atoms with Crippen molar-refractivity contribution in [2.75, 3.05) is 0 Å². The smallest absolute Gasteiger partial charge is 0.335 e. The van der Waals surface area contributed by atoms with Gasteiger partial charge in [0, 0.05) is 0 Å². The van der Waals surface area contributed by atoms with Crippen LogP contribution in [0.15, 0.2) is 24.3 Å². The number of hydrogen-bond donors (Lipinski definition) is 1. The first kappa shape index (κ1) is 11.3. The molecule has 0 saturated heterocycles. The van der Waals surface area contributed by atoms with E-state index in [2.05, 4.69) is 20.8 Å². The number of carboxylic acid groups (broad SMARTS) is 1. The first-order valence-corrected chi connectivity index (χ1v) is 6.12. The Balaban J connectivity index is 2.79. The molecule has 0 aliphatic rings. The van der Waals surface area contributed by atoms with Crippen molar-refractivity contribution in [2.45, 2.75) is 25.0 Å². The average Bonchev–Trinajstić information content (AvgIpc) is 2.02. The van der Waals surface area contributed by atoms with Crippen molar-refractivity contribution in [2.24, 2.45) is 0 Å². The average molecular weight is 206 g/mol. The molecule has 2 nitrogen and oxygen atoms in total. The lowest BCUT2D eigenvalue weighted by Crippen LogP contribution is -2.23. The number of carbonyl (C=O) groups is 1. The van der Waals surface area contributed by atoms with Crippen LogP contribution in [0.4, 0.5) is 0 Å². The van der Waals surface area contributed by atoms with Crippen LogP contribution in [0.1, 0.15) is 31.1 Å². The summed E-state index contributed by atoms with van der Waals surface area (Å²) in [7, 11) is 0. The largest absolute Gasteiger partial charge is 0.478 e. The Morgan fingerprint density at radius 2 is 1.71 bits per heavy atom. The van der Waals surface area contributed by atoms with Gasteiger partial charge in [-0.1, -0.05) is 37.2 Å². The molecule has 1 aromatic rings. The van der Waals surface area contributed by atoms with Crippen LogP contribution in [-0.2, 0) is 0 Å². The lowest BCUT2D eigenvalue weighted by atomic mass is 10.2. The molecule has 0 unspecified atom stereocenters. The molecule has 1 rings (SSSR count). The molecule has 3 heteroatoms. The van der Waals surface area contributed by atoms with Crippen LogP contribution in [0, 0.1) is 0 Å². The molecule has 0 spiro atoms. The van der Waals surface area contributed by atoms with Crippen LogP contribution >= 0.6 is 0 Å². The van der Waals surface area contributed by atoms with E-state index in [9.17, 15) is 4.79 Å². The van der Waals surface area contributed by atoms with E-state index in [1.807, 2.05) is 12.1 Å². The van der Waals surface area contributed by atoms with Gasteiger partial charge >= 0.3 is 5.97 Å². The minimum absolute atomic E-state index is 0.307. The number of benzene rings is 1.